The number of hydrogen-bond donors (Lipinski definition) is 1. The summed E-state index contributed by atoms with van der Waals surface area (Å²) < 4.78 is 0.987. The molecule has 0 saturated carbocycles. The van der Waals surface area contributed by atoms with Crippen LogP contribution in [0.2, 0.25) is 0 Å². The van der Waals surface area contributed by atoms with Crippen LogP contribution < -0.4 is 4.90 Å². The fourth-order valence-electron chi connectivity index (χ4n) is 2.88. The summed E-state index contributed by atoms with van der Waals surface area (Å²) >= 11 is 3.56. The zero-order valence-electron chi connectivity index (χ0n) is 12.1. The largest absolute Gasteiger partial charge is 0.389 e. The van der Waals surface area contributed by atoms with E-state index in [0.29, 0.717) is 12.0 Å². The highest BCUT2D eigenvalue weighted by Crippen LogP contribution is 2.31. The Balaban J connectivity index is 2.18. The van der Waals surface area contributed by atoms with E-state index in [9.17, 15) is 5.11 Å². The first-order valence-electron chi connectivity index (χ1n) is 6.79. The molecule has 0 radical (unpaired) electrons. The second-order valence-electron chi connectivity index (χ2n) is 5.80. The van der Waals surface area contributed by atoms with E-state index in [-0.39, 0.29) is 0 Å². The molecule has 3 nitrogen and oxygen atoms in total. The average Bonchev–Trinajstić information content (AvgIpc) is 2.70. The van der Waals surface area contributed by atoms with E-state index in [1.165, 1.54) is 5.69 Å². The van der Waals surface area contributed by atoms with Crippen molar-refractivity contribution in [1.82, 2.24) is 4.90 Å². The van der Waals surface area contributed by atoms with Gasteiger partial charge in [0.1, 0.15) is 0 Å². The molecule has 1 saturated heterocycles. The molecule has 1 fully saturated rings. The molecule has 1 aromatic carbocycles. The fraction of sp³-hybridized carbons (Fsp3) is 0.600. The lowest BCUT2D eigenvalue weighted by molar-refractivity contribution is 0.198. The van der Waals surface area contributed by atoms with Crippen molar-refractivity contribution in [2.45, 2.75) is 26.0 Å². The third-order valence-corrected chi connectivity index (χ3v) is 4.72. The SMILES string of the molecule is CC1CN(c2ccc([C@H](C)O)c(Br)c2)CC1N(C)C. The highest BCUT2D eigenvalue weighted by atomic mass is 79.9. The van der Waals surface area contributed by atoms with E-state index >= 15 is 0 Å². The van der Waals surface area contributed by atoms with Crippen molar-refractivity contribution in [2.75, 3.05) is 32.1 Å². The van der Waals surface area contributed by atoms with Crippen LogP contribution in [0.25, 0.3) is 0 Å². The fourth-order valence-corrected chi connectivity index (χ4v) is 3.58. The number of benzene rings is 1. The van der Waals surface area contributed by atoms with Gasteiger partial charge >= 0.3 is 0 Å². The third-order valence-electron chi connectivity index (χ3n) is 4.04. The molecule has 0 bridgehead atoms. The van der Waals surface area contributed by atoms with E-state index in [2.05, 4.69) is 58.9 Å². The molecule has 1 aromatic rings. The highest BCUT2D eigenvalue weighted by Gasteiger charge is 2.31. The molecule has 3 atom stereocenters. The summed E-state index contributed by atoms with van der Waals surface area (Å²) in [5.41, 5.74) is 2.17. The minimum absolute atomic E-state index is 0.435. The lowest BCUT2D eigenvalue weighted by Gasteiger charge is -2.23. The van der Waals surface area contributed by atoms with Gasteiger partial charge in [-0.25, -0.2) is 0 Å². The van der Waals surface area contributed by atoms with Crippen LogP contribution in [-0.2, 0) is 0 Å². The van der Waals surface area contributed by atoms with Crippen LogP contribution in [0.15, 0.2) is 22.7 Å². The topological polar surface area (TPSA) is 26.7 Å². The number of aliphatic hydroxyl groups is 1. The average molecular weight is 327 g/mol. The van der Waals surface area contributed by atoms with Gasteiger partial charge in [-0.15, -0.1) is 0 Å². The van der Waals surface area contributed by atoms with E-state index in [1.807, 2.05) is 6.07 Å². The maximum absolute atomic E-state index is 9.67. The monoisotopic (exact) mass is 326 g/mol. The first kappa shape index (κ1) is 14.8. The summed E-state index contributed by atoms with van der Waals surface area (Å²) in [5.74, 6) is 0.671. The first-order chi connectivity index (χ1) is 8.90. The summed E-state index contributed by atoms with van der Waals surface area (Å²) in [7, 11) is 4.30. The normalized spacial score (nSPS) is 25.1. The molecule has 4 heteroatoms. The summed E-state index contributed by atoms with van der Waals surface area (Å²) in [4.78, 5) is 4.73. The van der Waals surface area contributed by atoms with Crippen LogP contribution in [0, 0.1) is 5.92 Å². The van der Waals surface area contributed by atoms with Crippen molar-refractivity contribution >= 4 is 21.6 Å². The molecular formula is C15H23BrN2O. The van der Waals surface area contributed by atoms with Gasteiger partial charge in [-0.3, -0.25) is 0 Å². The maximum atomic E-state index is 9.67. The Morgan fingerprint density at radius 3 is 2.53 bits per heavy atom. The molecule has 0 spiro atoms. The molecule has 2 unspecified atom stereocenters. The van der Waals surface area contributed by atoms with Crippen molar-refractivity contribution < 1.29 is 5.11 Å². The molecule has 1 heterocycles. The van der Waals surface area contributed by atoms with Crippen LogP contribution in [0.5, 0.6) is 0 Å². The number of likely N-dealkylation sites (N-methyl/N-ethyl adjacent to an activating group) is 1. The van der Waals surface area contributed by atoms with Crippen molar-refractivity contribution in [3.05, 3.63) is 28.2 Å². The Kier molecular flexibility index (Phi) is 4.54. The summed E-state index contributed by atoms with van der Waals surface area (Å²) in [6, 6.07) is 6.84. The van der Waals surface area contributed by atoms with Gasteiger partial charge < -0.3 is 14.9 Å². The Morgan fingerprint density at radius 1 is 1.37 bits per heavy atom. The van der Waals surface area contributed by atoms with Gasteiger partial charge in [0.25, 0.3) is 0 Å². The molecule has 0 amide bonds. The maximum Gasteiger partial charge on any atom is 0.0772 e. The number of aliphatic hydroxyl groups excluding tert-OH is 1. The summed E-state index contributed by atoms with van der Waals surface area (Å²) in [6.45, 7) is 6.25. The van der Waals surface area contributed by atoms with Gasteiger partial charge in [-0.05, 0) is 44.6 Å². The zero-order chi connectivity index (χ0) is 14.2. The molecular weight excluding hydrogens is 304 g/mol. The van der Waals surface area contributed by atoms with E-state index in [4.69, 9.17) is 0 Å². The van der Waals surface area contributed by atoms with Gasteiger partial charge in [0, 0.05) is 29.3 Å². The summed E-state index contributed by atoms with van der Waals surface area (Å²) in [5, 5.41) is 9.67. The molecule has 19 heavy (non-hydrogen) atoms. The van der Waals surface area contributed by atoms with Gasteiger partial charge in [0.05, 0.1) is 6.10 Å². The van der Waals surface area contributed by atoms with Crippen LogP contribution >= 0.6 is 15.9 Å². The third kappa shape index (κ3) is 3.12. The number of nitrogens with zero attached hydrogens (tertiary/aromatic N) is 2. The van der Waals surface area contributed by atoms with Gasteiger partial charge in [-0.1, -0.05) is 28.9 Å². The smallest absolute Gasteiger partial charge is 0.0772 e. The number of hydrogen-bond acceptors (Lipinski definition) is 3. The van der Waals surface area contributed by atoms with E-state index in [1.54, 1.807) is 6.92 Å². The second-order valence-corrected chi connectivity index (χ2v) is 6.65. The quantitative estimate of drug-likeness (QED) is 0.925. The molecule has 0 aromatic heterocycles. The Bertz CT molecular complexity index is 448. The van der Waals surface area contributed by atoms with E-state index < -0.39 is 6.10 Å². The minimum Gasteiger partial charge on any atom is -0.389 e. The van der Waals surface area contributed by atoms with Gasteiger partial charge in [0.15, 0.2) is 0 Å². The Labute approximate surface area is 124 Å². The lowest BCUT2D eigenvalue weighted by Crippen LogP contribution is -2.34. The highest BCUT2D eigenvalue weighted by molar-refractivity contribution is 9.10. The van der Waals surface area contributed by atoms with Gasteiger partial charge in [0.2, 0.25) is 0 Å². The van der Waals surface area contributed by atoms with Crippen molar-refractivity contribution in [3.8, 4) is 0 Å². The Hall–Kier alpha value is -0.580. The van der Waals surface area contributed by atoms with Crippen molar-refractivity contribution in [3.63, 3.8) is 0 Å². The molecule has 2 rings (SSSR count). The van der Waals surface area contributed by atoms with Gasteiger partial charge in [-0.2, -0.15) is 0 Å². The zero-order valence-corrected chi connectivity index (χ0v) is 13.7. The number of rotatable bonds is 3. The molecule has 106 valence electrons. The summed E-state index contributed by atoms with van der Waals surface area (Å²) in [6.07, 6.45) is -0.435. The standard InChI is InChI=1S/C15H23BrN2O/c1-10-8-18(9-15(10)17(3)4)12-5-6-13(11(2)19)14(16)7-12/h5-7,10-11,15,19H,8-9H2,1-4H3/t10?,11-,15?/m0/s1. The molecule has 1 aliphatic heterocycles. The van der Waals surface area contributed by atoms with Crippen LogP contribution in [0.4, 0.5) is 5.69 Å². The second kappa shape index (κ2) is 5.81. The number of halogens is 1. The van der Waals surface area contributed by atoms with Crippen molar-refractivity contribution in [1.29, 1.82) is 0 Å². The van der Waals surface area contributed by atoms with Crippen LogP contribution in [-0.4, -0.2) is 43.2 Å². The Morgan fingerprint density at radius 2 is 2.05 bits per heavy atom. The lowest BCUT2D eigenvalue weighted by atomic mass is 10.1. The van der Waals surface area contributed by atoms with Crippen LogP contribution in [0.1, 0.15) is 25.5 Å². The van der Waals surface area contributed by atoms with Crippen molar-refractivity contribution in [2.24, 2.45) is 5.92 Å². The molecule has 1 aliphatic rings. The van der Waals surface area contributed by atoms with Crippen LogP contribution in [0.3, 0.4) is 0 Å². The minimum atomic E-state index is -0.435. The first-order valence-corrected chi connectivity index (χ1v) is 7.58. The predicted octanol–water partition coefficient (Wildman–Crippen LogP) is 2.89. The molecule has 1 N–H and O–H groups in total. The molecule has 0 aliphatic carbocycles. The van der Waals surface area contributed by atoms with E-state index in [0.717, 1.165) is 23.1 Å². The number of anilines is 1. The predicted molar refractivity (Wildman–Crippen MR) is 83.6 cm³/mol.